The maximum atomic E-state index is 5.98. The SMILES string of the molecule is CCNC(C)c1cccc(Oc2cccc(N(C)C)c2)c1. The highest BCUT2D eigenvalue weighted by molar-refractivity contribution is 5.50. The van der Waals surface area contributed by atoms with Crippen LogP contribution in [0.15, 0.2) is 48.5 Å². The van der Waals surface area contributed by atoms with Crippen LogP contribution in [0, 0.1) is 0 Å². The molecule has 0 fully saturated rings. The van der Waals surface area contributed by atoms with Crippen LogP contribution < -0.4 is 15.0 Å². The molecule has 0 amide bonds. The van der Waals surface area contributed by atoms with Gasteiger partial charge in [-0.1, -0.05) is 25.1 Å². The third-order valence-corrected chi connectivity index (χ3v) is 3.44. The lowest BCUT2D eigenvalue weighted by molar-refractivity contribution is 0.480. The molecule has 1 unspecified atom stereocenters. The minimum atomic E-state index is 0.326. The molecule has 2 aromatic carbocycles. The van der Waals surface area contributed by atoms with Crippen LogP contribution in [0.4, 0.5) is 5.69 Å². The maximum absolute atomic E-state index is 5.98. The van der Waals surface area contributed by atoms with Gasteiger partial charge in [0.1, 0.15) is 11.5 Å². The van der Waals surface area contributed by atoms with Crippen LogP contribution in [0.3, 0.4) is 0 Å². The van der Waals surface area contributed by atoms with Gasteiger partial charge in [-0.2, -0.15) is 0 Å². The fourth-order valence-corrected chi connectivity index (χ4v) is 2.23. The summed E-state index contributed by atoms with van der Waals surface area (Å²) in [5.41, 5.74) is 2.36. The second-order valence-electron chi connectivity index (χ2n) is 5.35. The largest absolute Gasteiger partial charge is 0.457 e. The highest BCUT2D eigenvalue weighted by atomic mass is 16.5. The standard InChI is InChI=1S/C18H24N2O/c1-5-19-14(2)15-8-6-10-17(12-15)21-18-11-7-9-16(13-18)20(3)4/h6-14,19H,5H2,1-4H3. The van der Waals surface area contributed by atoms with Crippen LogP contribution in [-0.2, 0) is 0 Å². The molecule has 0 radical (unpaired) electrons. The van der Waals surface area contributed by atoms with E-state index in [0.29, 0.717) is 6.04 Å². The Hall–Kier alpha value is -2.00. The van der Waals surface area contributed by atoms with Gasteiger partial charge in [0.15, 0.2) is 0 Å². The van der Waals surface area contributed by atoms with Gasteiger partial charge in [0.25, 0.3) is 0 Å². The maximum Gasteiger partial charge on any atom is 0.129 e. The molecule has 0 bridgehead atoms. The Morgan fingerprint density at radius 2 is 1.71 bits per heavy atom. The predicted molar refractivity (Wildman–Crippen MR) is 89.4 cm³/mol. The van der Waals surface area contributed by atoms with Gasteiger partial charge in [0.2, 0.25) is 0 Å². The molecule has 0 spiro atoms. The number of benzene rings is 2. The number of hydrogen-bond donors (Lipinski definition) is 1. The minimum absolute atomic E-state index is 0.326. The quantitative estimate of drug-likeness (QED) is 0.859. The van der Waals surface area contributed by atoms with Crippen molar-refractivity contribution >= 4 is 5.69 Å². The zero-order valence-corrected chi connectivity index (χ0v) is 13.3. The van der Waals surface area contributed by atoms with Gasteiger partial charge < -0.3 is 15.0 Å². The van der Waals surface area contributed by atoms with Crippen molar-refractivity contribution in [1.29, 1.82) is 0 Å². The first kappa shape index (κ1) is 15.4. The van der Waals surface area contributed by atoms with Gasteiger partial charge in [-0.25, -0.2) is 0 Å². The van der Waals surface area contributed by atoms with Gasteiger partial charge in [-0.3, -0.25) is 0 Å². The Kier molecular flexibility index (Phi) is 5.23. The molecule has 0 aromatic heterocycles. The van der Waals surface area contributed by atoms with Crippen molar-refractivity contribution < 1.29 is 4.74 Å². The molecule has 1 atom stereocenters. The van der Waals surface area contributed by atoms with E-state index in [0.717, 1.165) is 23.7 Å². The Balaban J connectivity index is 2.16. The van der Waals surface area contributed by atoms with Crippen LogP contribution >= 0.6 is 0 Å². The number of anilines is 1. The summed E-state index contributed by atoms with van der Waals surface area (Å²) in [6.07, 6.45) is 0. The minimum Gasteiger partial charge on any atom is -0.457 e. The van der Waals surface area contributed by atoms with E-state index in [4.69, 9.17) is 4.74 Å². The van der Waals surface area contributed by atoms with Crippen molar-refractivity contribution in [2.24, 2.45) is 0 Å². The molecular formula is C18H24N2O. The predicted octanol–water partition coefficient (Wildman–Crippen LogP) is 4.22. The van der Waals surface area contributed by atoms with Gasteiger partial charge in [-0.05, 0) is 43.3 Å². The molecule has 1 N–H and O–H groups in total. The lowest BCUT2D eigenvalue weighted by atomic mass is 10.1. The number of ether oxygens (including phenoxy) is 1. The summed E-state index contributed by atoms with van der Waals surface area (Å²) in [7, 11) is 4.05. The van der Waals surface area contributed by atoms with Crippen molar-refractivity contribution in [2.45, 2.75) is 19.9 Å². The Labute approximate surface area is 127 Å². The first-order valence-corrected chi connectivity index (χ1v) is 7.38. The van der Waals surface area contributed by atoms with Gasteiger partial charge in [-0.15, -0.1) is 0 Å². The summed E-state index contributed by atoms with van der Waals surface area (Å²) in [6, 6.07) is 16.7. The Morgan fingerprint density at radius 1 is 1.05 bits per heavy atom. The van der Waals surface area contributed by atoms with Crippen LogP contribution in [0.25, 0.3) is 0 Å². The molecule has 3 heteroatoms. The van der Waals surface area contributed by atoms with Crippen molar-refractivity contribution in [2.75, 3.05) is 25.5 Å². The molecule has 0 aliphatic rings. The summed E-state index contributed by atoms with van der Waals surface area (Å²) in [5, 5.41) is 3.41. The smallest absolute Gasteiger partial charge is 0.129 e. The van der Waals surface area contributed by atoms with E-state index in [2.05, 4.69) is 42.3 Å². The number of nitrogens with one attached hydrogen (secondary N) is 1. The highest BCUT2D eigenvalue weighted by Crippen LogP contribution is 2.27. The highest BCUT2D eigenvalue weighted by Gasteiger charge is 2.06. The monoisotopic (exact) mass is 284 g/mol. The van der Waals surface area contributed by atoms with Gasteiger partial charge in [0, 0.05) is 31.9 Å². The molecule has 112 valence electrons. The topological polar surface area (TPSA) is 24.5 Å². The third-order valence-electron chi connectivity index (χ3n) is 3.44. The van der Waals surface area contributed by atoms with Crippen LogP contribution in [0.1, 0.15) is 25.5 Å². The van der Waals surface area contributed by atoms with Gasteiger partial charge >= 0.3 is 0 Å². The first-order valence-electron chi connectivity index (χ1n) is 7.38. The summed E-state index contributed by atoms with van der Waals surface area (Å²) in [4.78, 5) is 2.07. The lowest BCUT2D eigenvalue weighted by Crippen LogP contribution is -2.17. The molecule has 0 aliphatic heterocycles. The molecule has 2 aromatic rings. The Morgan fingerprint density at radius 3 is 2.38 bits per heavy atom. The second-order valence-corrected chi connectivity index (χ2v) is 5.35. The van der Waals surface area contributed by atoms with Crippen LogP contribution in [0.5, 0.6) is 11.5 Å². The summed E-state index contributed by atoms with van der Waals surface area (Å²) < 4.78 is 5.98. The molecule has 21 heavy (non-hydrogen) atoms. The zero-order valence-electron chi connectivity index (χ0n) is 13.3. The summed E-state index contributed by atoms with van der Waals surface area (Å²) >= 11 is 0. The average Bonchev–Trinajstić information content (AvgIpc) is 2.48. The third kappa shape index (κ3) is 4.23. The fourth-order valence-electron chi connectivity index (χ4n) is 2.23. The van der Waals surface area contributed by atoms with Crippen molar-refractivity contribution in [3.8, 4) is 11.5 Å². The van der Waals surface area contributed by atoms with E-state index in [1.54, 1.807) is 0 Å². The number of hydrogen-bond acceptors (Lipinski definition) is 3. The van der Waals surface area contributed by atoms with E-state index in [9.17, 15) is 0 Å². The molecule has 0 saturated carbocycles. The fraction of sp³-hybridized carbons (Fsp3) is 0.333. The van der Waals surface area contributed by atoms with Gasteiger partial charge in [0.05, 0.1) is 0 Å². The molecular weight excluding hydrogens is 260 g/mol. The van der Waals surface area contributed by atoms with Crippen LogP contribution in [-0.4, -0.2) is 20.6 Å². The van der Waals surface area contributed by atoms with Crippen molar-refractivity contribution in [1.82, 2.24) is 5.32 Å². The van der Waals surface area contributed by atoms with E-state index in [1.165, 1.54) is 5.56 Å². The Bertz CT molecular complexity index is 581. The average molecular weight is 284 g/mol. The molecule has 3 nitrogen and oxygen atoms in total. The van der Waals surface area contributed by atoms with E-state index in [-0.39, 0.29) is 0 Å². The molecule has 0 heterocycles. The van der Waals surface area contributed by atoms with Crippen LogP contribution in [0.2, 0.25) is 0 Å². The zero-order chi connectivity index (χ0) is 15.2. The van der Waals surface area contributed by atoms with Crippen molar-refractivity contribution in [3.05, 3.63) is 54.1 Å². The van der Waals surface area contributed by atoms with E-state index in [1.807, 2.05) is 44.4 Å². The molecule has 0 aliphatic carbocycles. The van der Waals surface area contributed by atoms with E-state index >= 15 is 0 Å². The summed E-state index contributed by atoms with van der Waals surface area (Å²) in [6.45, 7) is 5.23. The first-order chi connectivity index (χ1) is 10.1. The molecule has 2 rings (SSSR count). The normalized spacial score (nSPS) is 12.0. The summed E-state index contributed by atoms with van der Waals surface area (Å²) in [5.74, 6) is 1.72. The number of nitrogens with zero attached hydrogens (tertiary/aromatic N) is 1. The van der Waals surface area contributed by atoms with E-state index < -0.39 is 0 Å². The lowest BCUT2D eigenvalue weighted by Gasteiger charge is -2.16. The van der Waals surface area contributed by atoms with Crippen molar-refractivity contribution in [3.63, 3.8) is 0 Å². The second kappa shape index (κ2) is 7.14. The number of rotatable bonds is 6. The molecule has 0 saturated heterocycles.